The first-order chi connectivity index (χ1) is 17.5. The number of rotatable bonds is 8. The van der Waals surface area contributed by atoms with Crippen LogP contribution in [0.4, 0.5) is 19.4 Å². The molecule has 0 spiro atoms. The van der Waals surface area contributed by atoms with Crippen LogP contribution in [0, 0.1) is 17.6 Å². The van der Waals surface area contributed by atoms with Gasteiger partial charge in [0.25, 0.3) is 0 Å². The van der Waals surface area contributed by atoms with Crippen molar-refractivity contribution in [2.45, 2.75) is 84.0 Å². The Bertz CT molecular complexity index is 1120. The molecule has 10 heteroatoms. The van der Waals surface area contributed by atoms with Crippen LogP contribution in [-0.4, -0.2) is 57.2 Å². The van der Waals surface area contributed by atoms with Crippen LogP contribution in [0.25, 0.3) is 0 Å². The molecule has 37 heavy (non-hydrogen) atoms. The Hall–Kier alpha value is -3.01. The molecule has 1 aromatic carbocycles. The van der Waals surface area contributed by atoms with E-state index in [-0.39, 0.29) is 18.0 Å². The highest BCUT2D eigenvalue weighted by Crippen LogP contribution is 2.26. The van der Waals surface area contributed by atoms with E-state index < -0.39 is 23.3 Å². The number of aryl methyl sites for hydroxylation is 1. The summed E-state index contributed by atoms with van der Waals surface area (Å²) >= 11 is 0. The van der Waals surface area contributed by atoms with Gasteiger partial charge in [-0.2, -0.15) is 0 Å². The predicted octanol–water partition coefficient (Wildman–Crippen LogP) is 4.28. The van der Waals surface area contributed by atoms with Crippen LogP contribution >= 0.6 is 0 Å². The maximum atomic E-state index is 14.3. The van der Waals surface area contributed by atoms with Crippen molar-refractivity contribution in [3.8, 4) is 0 Å². The molecule has 2 aliphatic rings. The lowest BCUT2D eigenvalue weighted by atomic mass is 9.87. The molecule has 0 saturated carbocycles. The maximum absolute atomic E-state index is 14.3. The lowest BCUT2D eigenvalue weighted by molar-refractivity contribution is -0.118. The first kappa shape index (κ1) is 27.0. The number of carbonyl (C=O) groups is 2. The van der Waals surface area contributed by atoms with Gasteiger partial charge >= 0.3 is 6.09 Å². The van der Waals surface area contributed by atoms with Crippen LogP contribution in [0.1, 0.15) is 58.1 Å². The number of likely N-dealkylation sites (tertiary alicyclic amines) is 1. The van der Waals surface area contributed by atoms with E-state index in [9.17, 15) is 18.4 Å². The van der Waals surface area contributed by atoms with Gasteiger partial charge in [-0.1, -0.05) is 13.3 Å². The number of aromatic nitrogens is 2. The summed E-state index contributed by atoms with van der Waals surface area (Å²) in [5.41, 5.74) is 0.723. The second-order valence-electron chi connectivity index (χ2n) is 11.2. The molecule has 1 aliphatic carbocycles. The molecule has 8 nitrogen and oxygen atoms in total. The van der Waals surface area contributed by atoms with E-state index in [1.54, 1.807) is 17.4 Å². The van der Waals surface area contributed by atoms with Crippen LogP contribution in [0.5, 0.6) is 0 Å². The Morgan fingerprint density at radius 2 is 2.00 bits per heavy atom. The minimum Gasteiger partial charge on any atom is -0.444 e. The average molecular weight is 518 g/mol. The molecule has 0 unspecified atom stereocenters. The fourth-order valence-electron chi connectivity index (χ4n) is 4.99. The van der Waals surface area contributed by atoms with Gasteiger partial charge in [-0.25, -0.2) is 18.6 Å². The lowest BCUT2D eigenvalue weighted by Crippen LogP contribution is -2.52. The van der Waals surface area contributed by atoms with Gasteiger partial charge in [0.1, 0.15) is 17.2 Å². The van der Waals surface area contributed by atoms with Crippen molar-refractivity contribution in [1.82, 2.24) is 19.8 Å². The maximum Gasteiger partial charge on any atom is 0.410 e. The lowest BCUT2D eigenvalue weighted by Gasteiger charge is -2.39. The normalized spacial score (nSPS) is 18.6. The summed E-state index contributed by atoms with van der Waals surface area (Å²) in [7, 11) is 0. The summed E-state index contributed by atoms with van der Waals surface area (Å²) in [6.45, 7) is 9.48. The van der Waals surface area contributed by atoms with Gasteiger partial charge in [-0.15, -0.1) is 0 Å². The summed E-state index contributed by atoms with van der Waals surface area (Å²) < 4.78 is 35.1. The summed E-state index contributed by atoms with van der Waals surface area (Å²) in [5, 5.41) is 6.29. The quantitative estimate of drug-likeness (QED) is 0.546. The molecule has 1 fully saturated rings. The number of halogens is 2. The van der Waals surface area contributed by atoms with Crippen LogP contribution in [-0.2, 0) is 28.9 Å². The average Bonchev–Trinajstić information content (AvgIpc) is 3.21. The van der Waals surface area contributed by atoms with E-state index >= 15 is 0 Å². The number of amides is 2. The monoisotopic (exact) mass is 517 g/mol. The van der Waals surface area contributed by atoms with E-state index in [4.69, 9.17) is 4.74 Å². The number of carbonyl (C=O) groups excluding carboxylic acids is 2. The highest BCUT2D eigenvalue weighted by Gasteiger charge is 2.34. The van der Waals surface area contributed by atoms with Crippen LogP contribution < -0.4 is 10.6 Å². The highest BCUT2D eigenvalue weighted by molar-refractivity contribution is 5.94. The van der Waals surface area contributed by atoms with E-state index in [1.807, 2.05) is 32.3 Å². The van der Waals surface area contributed by atoms with Crippen molar-refractivity contribution in [2.75, 3.05) is 18.4 Å². The molecule has 2 atom stereocenters. The Labute approximate surface area is 216 Å². The van der Waals surface area contributed by atoms with E-state index in [2.05, 4.69) is 15.6 Å². The van der Waals surface area contributed by atoms with Gasteiger partial charge in [0.2, 0.25) is 5.91 Å². The Kier molecular flexibility index (Phi) is 8.16. The topological polar surface area (TPSA) is 88.5 Å². The number of hydrogen-bond donors (Lipinski definition) is 2. The van der Waals surface area contributed by atoms with Gasteiger partial charge in [0.05, 0.1) is 12.4 Å². The third-order valence-corrected chi connectivity index (χ3v) is 6.76. The number of imidazole rings is 1. The van der Waals surface area contributed by atoms with Gasteiger partial charge < -0.3 is 24.8 Å². The van der Waals surface area contributed by atoms with Crippen molar-refractivity contribution in [3.05, 3.63) is 47.4 Å². The molecule has 1 aliphatic heterocycles. The fraction of sp³-hybridized carbons (Fsp3) is 0.593. The molecule has 2 amide bonds. The van der Waals surface area contributed by atoms with Gasteiger partial charge in [0.15, 0.2) is 5.82 Å². The Balaban J connectivity index is 1.28. The first-order valence-corrected chi connectivity index (χ1v) is 13.0. The number of nitrogens with zero attached hydrogens (tertiary/aromatic N) is 3. The Morgan fingerprint density at radius 3 is 2.70 bits per heavy atom. The largest absolute Gasteiger partial charge is 0.444 e. The van der Waals surface area contributed by atoms with Crippen molar-refractivity contribution >= 4 is 17.8 Å². The fourth-order valence-corrected chi connectivity index (χ4v) is 4.99. The van der Waals surface area contributed by atoms with Crippen molar-refractivity contribution in [3.63, 3.8) is 0 Å². The van der Waals surface area contributed by atoms with Crippen molar-refractivity contribution in [2.24, 2.45) is 5.92 Å². The number of anilines is 1. The SMILES string of the molecule is CCC[C@H](N[C@H]1CCc2cc(F)cc(F)c2C1)C(=O)Nc1cn(CC2CN(C(=O)OC(C)(C)C)C2)cn1. The highest BCUT2D eigenvalue weighted by atomic mass is 19.1. The summed E-state index contributed by atoms with van der Waals surface area (Å²) in [6.07, 6.45) is 6.30. The minimum atomic E-state index is -0.553. The number of ether oxygens (including phenoxy) is 1. The molecule has 4 rings (SSSR count). The predicted molar refractivity (Wildman–Crippen MR) is 136 cm³/mol. The summed E-state index contributed by atoms with van der Waals surface area (Å²) in [4.78, 5) is 31.2. The molecular formula is C27H37F2N5O3. The number of hydrogen-bond acceptors (Lipinski definition) is 5. The Morgan fingerprint density at radius 1 is 1.24 bits per heavy atom. The summed E-state index contributed by atoms with van der Waals surface area (Å²) in [5.74, 6) is -0.501. The zero-order valence-corrected chi connectivity index (χ0v) is 22.0. The van der Waals surface area contributed by atoms with E-state index in [0.717, 1.165) is 12.5 Å². The van der Waals surface area contributed by atoms with Gasteiger partial charge in [-0.3, -0.25) is 4.79 Å². The molecular weight excluding hydrogens is 480 g/mol. The summed E-state index contributed by atoms with van der Waals surface area (Å²) in [6, 6.07) is 1.81. The van der Waals surface area contributed by atoms with Crippen LogP contribution in [0.3, 0.4) is 0 Å². The molecule has 202 valence electrons. The van der Waals surface area contributed by atoms with Crippen molar-refractivity contribution < 1.29 is 23.1 Å². The second kappa shape index (κ2) is 11.2. The minimum absolute atomic E-state index is 0.0705. The molecule has 2 N–H and O–H groups in total. The van der Waals surface area contributed by atoms with Crippen molar-refractivity contribution in [1.29, 1.82) is 0 Å². The number of fused-ring (bicyclic) bond motifs is 1. The van der Waals surface area contributed by atoms with E-state index in [1.165, 1.54) is 6.07 Å². The number of nitrogens with one attached hydrogen (secondary N) is 2. The smallest absolute Gasteiger partial charge is 0.410 e. The molecule has 2 aromatic rings. The molecule has 2 heterocycles. The zero-order chi connectivity index (χ0) is 26.7. The molecule has 1 aromatic heterocycles. The van der Waals surface area contributed by atoms with Gasteiger partial charge in [0, 0.05) is 43.9 Å². The first-order valence-electron chi connectivity index (χ1n) is 13.0. The molecule has 0 bridgehead atoms. The standard InChI is InChI=1S/C27H37F2N5O3/c1-5-6-23(31-20-8-7-18-9-19(28)10-22(29)21(18)11-20)25(35)32-24-15-33(16-30-24)12-17-13-34(14-17)26(36)37-27(2,3)4/h9-10,15-17,20,23,31H,5-8,11-14H2,1-4H3,(H,32,35)/t20-,23-/m0/s1. The third-order valence-electron chi connectivity index (χ3n) is 6.76. The second-order valence-corrected chi connectivity index (χ2v) is 11.2. The zero-order valence-electron chi connectivity index (χ0n) is 22.0. The third kappa shape index (κ3) is 7.06. The molecule has 1 saturated heterocycles. The van der Waals surface area contributed by atoms with Crippen LogP contribution in [0.2, 0.25) is 0 Å². The van der Waals surface area contributed by atoms with Crippen LogP contribution in [0.15, 0.2) is 24.7 Å². The molecule has 0 radical (unpaired) electrons. The van der Waals surface area contributed by atoms with Gasteiger partial charge in [-0.05, 0) is 63.6 Å². The van der Waals surface area contributed by atoms with E-state index in [0.29, 0.717) is 68.2 Å². The number of benzene rings is 1.